The minimum absolute atomic E-state index is 0.172. The Bertz CT molecular complexity index is 1010. The SMILES string of the molecule is CC(ONC(=O)Cc1cccc2ccccc12)C(=O)Nc1ccccc1C(C)C. The van der Waals surface area contributed by atoms with E-state index >= 15 is 0 Å². The lowest BCUT2D eigenvalue weighted by atomic mass is 10.0. The number of para-hydroxylation sites is 1. The van der Waals surface area contributed by atoms with Gasteiger partial charge in [0.15, 0.2) is 6.10 Å². The Morgan fingerprint density at radius 2 is 1.59 bits per heavy atom. The van der Waals surface area contributed by atoms with Gasteiger partial charge in [0, 0.05) is 5.69 Å². The summed E-state index contributed by atoms with van der Waals surface area (Å²) in [6.45, 7) is 5.74. The van der Waals surface area contributed by atoms with E-state index < -0.39 is 6.10 Å². The average Bonchev–Trinajstić information content (AvgIpc) is 2.72. The number of hydrogen-bond donors (Lipinski definition) is 2. The zero-order valence-electron chi connectivity index (χ0n) is 16.9. The van der Waals surface area contributed by atoms with Crippen LogP contribution in [0.5, 0.6) is 0 Å². The van der Waals surface area contributed by atoms with Crippen LogP contribution >= 0.6 is 0 Å². The van der Waals surface area contributed by atoms with Crippen LogP contribution in [0.3, 0.4) is 0 Å². The normalized spacial score (nSPS) is 12.0. The molecular weight excluding hydrogens is 364 g/mol. The molecule has 0 saturated heterocycles. The lowest BCUT2D eigenvalue weighted by Crippen LogP contribution is -2.36. The molecule has 1 unspecified atom stereocenters. The molecule has 0 spiro atoms. The highest BCUT2D eigenvalue weighted by molar-refractivity contribution is 5.95. The zero-order chi connectivity index (χ0) is 20.8. The molecular formula is C24H26N2O3. The van der Waals surface area contributed by atoms with E-state index in [4.69, 9.17) is 4.84 Å². The molecule has 3 aromatic carbocycles. The van der Waals surface area contributed by atoms with Crippen LogP contribution in [0, 0.1) is 0 Å². The van der Waals surface area contributed by atoms with Gasteiger partial charge >= 0.3 is 0 Å². The number of anilines is 1. The van der Waals surface area contributed by atoms with Crippen molar-refractivity contribution in [1.29, 1.82) is 0 Å². The van der Waals surface area contributed by atoms with Gasteiger partial charge in [-0.1, -0.05) is 74.5 Å². The van der Waals surface area contributed by atoms with E-state index in [2.05, 4.69) is 24.6 Å². The summed E-state index contributed by atoms with van der Waals surface area (Å²) in [5.74, 6) is -0.338. The molecule has 150 valence electrons. The third-order valence-corrected chi connectivity index (χ3v) is 4.79. The molecule has 0 aliphatic rings. The van der Waals surface area contributed by atoms with Gasteiger partial charge in [0.2, 0.25) is 5.91 Å². The number of carbonyl (C=O) groups is 2. The van der Waals surface area contributed by atoms with Crippen LogP contribution in [-0.4, -0.2) is 17.9 Å². The third-order valence-electron chi connectivity index (χ3n) is 4.79. The summed E-state index contributed by atoms with van der Waals surface area (Å²) in [6.07, 6.45) is -0.655. The smallest absolute Gasteiger partial charge is 0.255 e. The van der Waals surface area contributed by atoms with E-state index in [1.54, 1.807) is 6.92 Å². The first-order valence-corrected chi connectivity index (χ1v) is 9.76. The van der Waals surface area contributed by atoms with E-state index in [-0.39, 0.29) is 24.2 Å². The predicted molar refractivity (Wildman–Crippen MR) is 116 cm³/mol. The maximum Gasteiger partial charge on any atom is 0.255 e. The summed E-state index contributed by atoms with van der Waals surface area (Å²) < 4.78 is 0. The van der Waals surface area contributed by atoms with Crippen molar-refractivity contribution in [1.82, 2.24) is 5.48 Å². The first-order chi connectivity index (χ1) is 14.0. The Hall–Kier alpha value is -3.18. The number of rotatable bonds is 7. The molecule has 0 radical (unpaired) electrons. The highest BCUT2D eigenvalue weighted by Crippen LogP contribution is 2.24. The van der Waals surface area contributed by atoms with Gasteiger partial charge in [-0.25, -0.2) is 5.48 Å². The van der Waals surface area contributed by atoms with Crippen molar-refractivity contribution in [3.05, 3.63) is 77.9 Å². The van der Waals surface area contributed by atoms with Crippen molar-refractivity contribution < 1.29 is 14.4 Å². The molecule has 0 heterocycles. The number of carbonyl (C=O) groups excluding carboxylic acids is 2. The molecule has 0 fully saturated rings. The first-order valence-electron chi connectivity index (χ1n) is 9.76. The van der Waals surface area contributed by atoms with E-state index in [1.165, 1.54) is 0 Å². The molecule has 5 heteroatoms. The van der Waals surface area contributed by atoms with Crippen LogP contribution in [0.4, 0.5) is 5.69 Å². The van der Waals surface area contributed by atoms with Crippen molar-refractivity contribution in [2.75, 3.05) is 5.32 Å². The molecule has 0 aromatic heterocycles. The highest BCUT2D eigenvalue weighted by Gasteiger charge is 2.18. The van der Waals surface area contributed by atoms with Gasteiger partial charge in [0.25, 0.3) is 5.91 Å². The number of nitrogens with one attached hydrogen (secondary N) is 2. The molecule has 2 N–H and O–H groups in total. The fraction of sp³-hybridized carbons (Fsp3) is 0.250. The standard InChI is InChI=1S/C24H26N2O3/c1-16(2)20-12-6-7-14-22(20)25-24(28)17(3)29-26-23(27)15-19-11-8-10-18-9-4-5-13-21(18)19/h4-14,16-17H,15H2,1-3H3,(H,25,28)(H,26,27). The minimum Gasteiger partial charge on any atom is -0.323 e. The van der Waals surface area contributed by atoms with Crippen LogP contribution in [0.25, 0.3) is 10.8 Å². The molecule has 1 atom stereocenters. The average molecular weight is 390 g/mol. The summed E-state index contributed by atoms with van der Waals surface area (Å²) in [4.78, 5) is 30.1. The van der Waals surface area contributed by atoms with Crippen LogP contribution < -0.4 is 10.8 Å². The van der Waals surface area contributed by atoms with Crippen LogP contribution in [0.2, 0.25) is 0 Å². The summed E-state index contributed by atoms with van der Waals surface area (Å²) >= 11 is 0. The van der Waals surface area contributed by atoms with Crippen LogP contribution in [-0.2, 0) is 20.8 Å². The first kappa shape index (κ1) is 20.6. The number of hydroxylamine groups is 1. The molecule has 0 bridgehead atoms. The fourth-order valence-corrected chi connectivity index (χ4v) is 3.21. The molecule has 29 heavy (non-hydrogen) atoms. The minimum atomic E-state index is -0.827. The Morgan fingerprint density at radius 1 is 0.897 bits per heavy atom. The third kappa shape index (κ3) is 5.21. The Morgan fingerprint density at radius 3 is 2.38 bits per heavy atom. The summed E-state index contributed by atoms with van der Waals surface area (Å²) in [7, 11) is 0. The maximum atomic E-state index is 12.4. The maximum absolute atomic E-state index is 12.4. The van der Waals surface area contributed by atoms with Gasteiger partial charge in [0.1, 0.15) is 0 Å². The predicted octanol–water partition coefficient (Wildman–Crippen LogP) is 4.58. The van der Waals surface area contributed by atoms with Gasteiger partial charge in [0.05, 0.1) is 6.42 Å². The van der Waals surface area contributed by atoms with E-state index in [0.717, 1.165) is 27.6 Å². The van der Waals surface area contributed by atoms with Crippen LogP contribution in [0.15, 0.2) is 66.7 Å². The second-order valence-corrected chi connectivity index (χ2v) is 7.33. The Labute approximate surface area is 171 Å². The van der Waals surface area contributed by atoms with Crippen molar-refractivity contribution in [3.63, 3.8) is 0 Å². The van der Waals surface area contributed by atoms with Gasteiger partial charge in [-0.3, -0.25) is 14.4 Å². The summed E-state index contributed by atoms with van der Waals surface area (Å²) in [5, 5.41) is 4.98. The van der Waals surface area contributed by atoms with Gasteiger partial charge < -0.3 is 5.32 Å². The largest absolute Gasteiger partial charge is 0.323 e. The topological polar surface area (TPSA) is 67.4 Å². The van der Waals surface area contributed by atoms with Gasteiger partial charge in [-0.15, -0.1) is 0 Å². The van der Waals surface area contributed by atoms with Gasteiger partial charge in [-0.2, -0.15) is 0 Å². The molecule has 0 aliphatic heterocycles. The molecule has 0 saturated carbocycles. The number of amides is 2. The van der Waals surface area contributed by atoms with Crippen LogP contribution in [0.1, 0.15) is 37.8 Å². The van der Waals surface area contributed by atoms with E-state index in [1.807, 2.05) is 66.7 Å². The zero-order valence-corrected chi connectivity index (χ0v) is 16.9. The Kier molecular flexibility index (Phi) is 6.62. The molecule has 5 nitrogen and oxygen atoms in total. The van der Waals surface area contributed by atoms with Crippen molar-refractivity contribution in [2.45, 2.75) is 39.2 Å². The van der Waals surface area contributed by atoms with Crippen molar-refractivity contribution >= 4 is 28.3 Å². The van der Waals surface area contributed by atoms with E-state index in [0.29, 0.717) is 0 Å². The Balaban J connectivity index is 1.57. The molecule has 3 rings (SSSR count). The molecule has 3 aromatic rings. The molecule has 0 aliphatic carbocycles. The quantitative estimate of drug-likeness (QED) is 0.580. The molecule has 2 amide bonds. The summed E-state index contributed by atoms with van der Waals surface area (Å²) in [6, 6.07) is 21.4. The lowest BCUT2D eigenvalue weighted by Gasteiger charge is -2.17. The monoisotopic (exact) mass is 390 g/mol. The summed E-state index contributed by atoms with van der Waals surface area (Å²) in [5.41, 5.74) is 5.11. The van der Waals surface area contributed by atoms with E-state index in [9.17, 15) is 9.59 Å². The van der Waals surface area contributed by atoms with Crippen molar-refractivity contribution in [2.24, 2.45) is 0 Å². The number of fused-ring (bicyclic) bond motifs is 1. The highest BCUT2D eigenvalue weighted by atomic mass is 16.7. The fourth-order valence-electron chi connectivity index (χ4n) is 3.21. The second kappa shape index (κ2) is 9.34. The second-order valence-electron chi connectivity index (χ2n) is 7.33. The van der Waals surface area contributed by atoms with Crippen molar-refractivity contribution in [3.8, 4) is 0 Å². The lowest BCUT2D eigenvalue weighted by molar-refractivity contribution is -0.143. The number of benzene rings is 3. The number of hydrogen-bond acceptors (Lipinski definition) is 3. The van der Waals surface area contributed by atoms with Gasteiger partial charge in [-0.05, 0) is 40.8 Å².